The summed E-state index contributed by atoms with van der Waals surface area (Å²) in [6.45, 7) is 5.74. The van der Waals surface area contributed by atoms with E-state index in [-0.39, 0.29) is 11.5 Å². The Bertz CT molecular complexity index is 619. The Labute approximate surface area is 111 Å². The lowest BCUT2D eigenvalue weighted by Crippen LogP contribution is -2.10. The molecule has 2 aromatic heterocycles. The number of nitrogen functional groups attached to an aromatic ring is 1. The van der Waals surface area contributed by atoms with E-state index < -0.39 is 5.97 Å². The summed E-state index contributed by atoms with van der Waals surface area (Å²) in [4.78, 5) is 20.0. The van der Waals surface area contributed by atoms with Crippen molar-refractivity contribution in [2.24, 2.45) is 0 Å². The average Bonchev–Trinajstić information content (AvgIpc) is 2.66. The number of hydrogen-bond donors (Lipinski definition) is 1. The fourth-order valence-electron chi connectivity index (χ4n) is 1.92. The number of imidazole rings is 1. The molecule has 0 spiro atoms. The molecule has 0 radical (unpaired) electrons. The number of nitrogens with two attached hydrogens (primary N) is 1. The van der Waals surface area contributed by atoms with E-state index in [1.54, 1.807) is 30.8 Å². The zero-order valence-corrected chi connectivity index (χ0v) is 11.2. The van der Waals surface area contributed by atoms with Crippen molar-refractivity contribution in [3.8, 4) is 5.69 Å². The maximum atomic E-state index is 11.8. The van der Waals surface area contributed by atoms with Crippen molar-refractivity contribution in [1.82, 2.24) is 14.5 Å². The number of nitrogens with zero attached hydrogens (tertiary/aromatic N) is 3. The lowest BCUT2D eigenvalue weighted by atomic mass is 10.2. The first-order chi connectivity index (χ1) is 9.06. The Morgan fingerprint density at radius 3 is 2.84 bits per heavy atom. The Hall–Kier alpha value is -2.37. The molecular weight excluding hydrogens is 244 g/mol. The second kappa shape index (κ2) is 5.09. The van der Waals surface area contributed by atoms with Crippen LogP contribution in [0.2, 0.25) is 0 Å². The summed E-state index contributed by atoms with van der Waals surface area (Å²) in [5.74, 6) is 0.411. The van der Waals surface area contributed by atoms with Gasteiger partial charge in [0.05, 0.1) is 12.3 Å². The van der Waals surface area contributed by atoms with Gasteiger partial charge in [-0.3, -0.25) is 9.55 Å². The van der Waals surface area contributed by atoms with E-state index in [0.717, 1.165) is 11.3 Å². The van der Waals surface area contributed by atoms with Gasteiger partial charge in [-0.15, -0.1) is 0 Å². The van der Waals surface area contributed by atoms with E-state index in [4.69, 9.17) is 10.5 Å². The van der Waals surface area contributed by atoms with E-state index in [2.05, 4.69) is 9.97 Å². The van der Waals surface area contributed by atoms with Crippen LogP contribution in [-0.2, 0) is 4.74 Å². The molecule has 0 aliphatic heterocycles. The minimum atomic E-state index is -0.506. The summed E-state index contributed by atoms with van der Waals surface area (Å²) in [7, 11) is 0. The zero-order chi connectivity index (χ0) is 14.0. The number of aryl methyl sites for hydroxylation is 2. The van der Waals surface area contributed by atoms with Crippen molar-refractivity contribution in [2.75, 3.05) is 12.3 Å². The molecule has 2 N–H and O–H groups in total. The highest BCUT2D eigenvalue weighted by Gasteiger charge is 2.21. The third kappa shape index (κ3) is 2.29. The molecule has 2 heterocycles. The standard InChI is InChI=1S/C13H16N4O2/c1-4-19-13(18)11-12(14)17(9(3)16-11)10-5-6-15-7-8(10)2/h5-7H,4,14H2,1-3H3. The van der Waals surface area contributed by atoms with E-state index in [1.807, 2.05) is 13.0 Å². The van der Waals surface area contributed by atoms with Gasteiger partial charge in [-0.2, -0.15) is 0 Å². The third-order valence-electron chi connectivity index (χ3n) is 2.78. The van der Waals surface area contributed by atoms with Crippen molar-refractivity contribution >= 4 is 11.8 Å². The topological polar surface area (TPSA) is 83.0 Å². The highest BCUT2D eigenvalue weighted by atomic mass is 16.5. The second-order valence-corrected chi connectivity index (χ2v) is 4.11. The van der Waals surface area contributed by atoms with Gasteiger partial charge in [-0.05, 0) is 32.4 Å². The SMILES string of the molecule is CCOC(=O)c1nc(C)n(-c2ccncc2C)c1N. The monoisotopic (exact) mass is 260 g/mol. The van der Waals surface area contributed by atoms with Crippen molar-refractivity contribution in [3.63, 3.8) is 0 Å². The zero-order valence-electron chi connectivity index (χ0n) is 11.2. The van der Waals surface area contributed by atoms with Gasteiger partial charge in [-0.1, -0.05) is 0 Å². The number of aromatic nitrogens is 3. The lowest BCUT2D eigenvalue weighted by Gasteiger charge is -2.10. The van der Waals surface area contributed by atoms with Gasteiger partial charge >= 0.3 is 5.97 Å². The molecular formula is C13H16N4O2. The van der Waals surface area contributed by atoms with Crippen LogP contribution in [0.25, 0.3) is 5.69 Å². The van der Waals surface area contributed by atoms with Crippen LogP contribution in [0.3, 0.4) is 0 Å². The molecule has 2 aromatic rings. The van der Waals surface area contributed by atoms with Crippen molar-refractivity contribution in [1.29, 1.82) is 0 Å². The van der Waals surface area contributed by atoms with Gasteiger partial charge in [-0.25, -0.2) is 9.78 Å². The van der Waals surface area contributed by atoms with Crippen LogP contribution in [0.1, 0.15) is 28.8 Å². The highest BCUT2D eigenvalue weighted by molar-refractivity contribution is 5.92. The molecule has 100 valence electrons. The first-order valence-corrected chi connectivity index (χ1v) is 5.99. The van der Waals surface area contributed by atoms with Crippen LogP contribution in [0.4, 0.5) is 5.82 Å². The Balaban J connectivity index is 2.54. The maximum Gasteiger partial charge on any atom is 0.360 e. The fraction of sp³-hybridized carbons (Fsp3) is 0.308. The third-order valence-corrected chi connectivity index (χ3v) is 2.78. The Kier molecular flexibility index (Phi) is 3.50. The van der Waals surface area contributed by atoms with Crippen LogP contribution in [0.5, 0.6) is 0 Å². The molecule has 0 amide bonds. The molecule has 0 aromatic carbocycles. The molecule has 0 saturated carbocycles. The van der Waals surface area contributed by atoms with Gasteiger partial charge in [0, 0.05) is 12.4 Å². The van der Waals surface area contributed by atoms with Crippen LogP contribution in [0.15, 0.2) is 18.5 Å². The number of pyridine rings is 1. The first-order valence-electron chi connectivity index (χ1n) is 5.99. The summed E-state index contributed by atoms with van der Waals surface area (Å²) < 4.78 is 6.66. The minimum absolute atomic E-state index is 0.149. The lowest BCUT2D eigenvalue weighted by molar-refractivity contribution is 0.0521. The molecule has 6 heteroatoms. The summed E-state index contributed by atoms with van der Waals surface area (Å²) in [5.41, 5.74) is 7.97. The molecule has 0 bridgehead atoms. The summed E-state index contributed by atoms with van der Waals surface area (Å²) in [6.07, 6.45) is 3.41. The minimum Gasteiger partial charge on any atom is -0.461 e. The molecule has 19 heavy (non-hydrogen) atoms. The highest BCUT2D eigenvalue weighted by Crippen LogP contribution is 2.22. The van der Waals surface area contributed by atoms with Crippen LogP contribution >= 0.6 is 0 Å². The number of hydrogen-bond acceptors (Lipinski definition) is 5. The van der Waals surface area contributed by atoms with Crippen LogP contribution < -0.4 is 5.73 Å². The van der Waals surface area contributed by atoms with Gasteiger partial charge in [0.25, 0.3) is 0 Å². The fourth-order valence-corrected chi connectivity index (χ4v) is 1.92. The van der Waals surface area contributed by atoms with Crippen LogP contribution in [-0.4, -0.2) is 27.1 Å². The molecule has 6 nitrogen and oxygen atoms in total. The number of rotatable bonds is 3. The first kappa shape index (κ1) is 13.1. The van der Waals surface area contributed by atoms with Crippen molar-refractivity contribution in [2.45, 2.75) is 20.8 Å². The van der Waals surface area contributed by atoms with Crippen LogP contribution in [0, 0.1) is 13.8 Å². The molecule has 0 aliphatic carbocycles. The Morgan fingerprint density at radius 1 is 1.47 bits per heavy atom. The predicted octanol–water partition coefficient (Wildman–Crippen LogP) is 1.64. The number of esters is 1. The maximum absolute atomic E-state index is 11.8. The van der Waals surface area contributed by atoms with Crippen molar-refractivity contribution < 1.29 is 9.53 Å². The number of carbonyl (C=O) groups is 1. The molecule has 0 fully saturated rings. The molecule has 0 saturated heterocycles. The largest absolute Gasteiger partial charge is 0.461 e. The number of ether oxygens (including phenoxy) is 1. The normalized spacial score (nSPS) is 10.5. The van der Waals surface area contributed by atoms with Gasteiger partial charge in [0.1, 0.15) is 11.6 Å². The Morgan fingerprint density at radius 2 is 2.21 bits per heavy atom. The average molecular weight is 260 g/mol. The molecule has 2 rings (SSSR count). The van der Waals surface area contributed by atoms with Crippen molar-refractivity contribution in [3.05, 3.63) is 35.5 Å². The quantitative estimate of drug-likeness (QED) is 0.848. The van der Waals surface area contributed by atoms with E-state index in [0.29, 0.717) is 12.4 Å². The predicted molar refractivity (Wildman–Crippen MR) is 71.2 cm³/mol. The number of carbonyl (C=O) groups excluding carboxylic acids is 1. The van der Waals surface area contributed by atoms with E-state index in [9.17, 15) is 4.79 Å². The molecule has 0 unspecified atom stereocenters. The number of anilines is 1. The summed E-state index contributed by atoms with van der Waals surface area (Å²) >= 11 is 0. The smallest absolute Gasteiger partial charge is 0.360 e. The van der Waals surface area contributed by atoms with E-state index in [1.165, 1.54) is 0 Å². The molecule has 0 atom stereocenters. The summed E-state index contributed by atoms with van der Waals surface area (Å²) in [5, 5.41) is 0. The van der Waals surface area contributed by atoms with Gasteiger partial charge in [0.2, 0.25) is 0 Å². The molecule has 0 aliphatic rings. The second-order valence-electron chi connectivity index (χ2n) is 4.11. The van der Waals surface area contributed by atoms with Gasteiger partial charge in [0.15, 0.2) is 5.69 Å². The summed E-state index contributed by atoms with van der Waals surface area (Å²) in [6, 6.07) is 1.83. The van der Waals surface area contributed by atoms with Gasteiger partial charge < -0.3 is 10.5 Å². The van der Waals surface area contributed by atoms with E-state index >= 15 is 0 Å².